The number of fused-ring (bicyclic) bond motifs is 1. The van der Waals surface area contributed by atoms with E-state index in [1.807, 2.05) is 0 Å². The molecular weight excluding hydrogens is 184 g/mol. The van der Waals surface area contributed by atoms with Crippen LogP contribution in [0, 0.1) is 0 Å². The van der Waals surface area contributed by atoms with E-state index in [1.165, 1.54) is 6.07 Å². The molecule has 1 aliphatic rings. The lowest BCUT2D eigenvalue weighted by Gasteiger charge is -2.21. The van der Waals surface area contributed by atoms with Gasteiger partial charge in [0, 0.05) is 12.5 Å². The third kappa shape index (κ3) is 1.24. The first-order chi connectivity index (χ1) is 6.59. The van der Waals surface area contributed by atoms with Crippen molar-refractivity contribution < 1.29 is 20.1 Å². The number of aromatic hydroxyl groups is 2. The lowest BCUT2D eigenvalue weighted by Crippen LogP contribution is -2.15. The number of aliphatic hydroxyl groups is 1. The molecule has 1 atom stereocenters. The molecule has 0 spiro atoms. The van der Waals surface area contributed by atoms with Gasteiger partial charge in [-0.05, 0) is 18.1 Å². The molecule has 0 saturated carbocycles. The van der Waals surface area contributed by atoms with Gasteiger partial charge in [0.2, 0.25) is 0 Å². The van der Waals surface area contributed by atoms with Gasteiger partial charge in [-0.3, -0.25) is 4.79 Å². The van der Waals surface area contributed by atoms with Crippen LogP contribution in [0.2, 0.25) is 0 Å². The molecule has 0 bridgehead atoms. The Morgan fingerprint density at radius 3 is 2.71 bits per heavy atom. The summed E-state index contributed by atoms with van der Waals surface area (Å²) >= 11 is 0. The number of ketones is 1. The zero-order valence-electron chi connectivity index (χ0n) is 7.40. The predicted octanol–water partition coefficient (Wildman–Crippen LogP) is 1.11. The first-order valence-electron chi connectivity index (χ1n) is 4.36. The summed E-state index contributed by atoms with van der Waals surface area (Å²) in [7, 11) is 0. The smallest absolute Gasteiger partial charge is 0.167 e. The second kappa shape index (κ2) is 2.99. The maximum Gasteiger partial charge on any atom is 0.167 e. The van der Waals surface area contributed by atoms with Crippen LogP contribution in [0.4, 0.5) is 0 Å². The lowest BCUT2D eigenvalue weighted by atomic mass is 9.87. The van der Waals surface area contributed by atoms with Gasteiger partial charge in [0.25, 0.3) is 0 Å². The Hall–Kier alpha value is -1.55. The van der Waals surface area contributed by atoms with Crippen molar-refractivity contribution in [1.29, 1.82) is 0 Å². The van der Waals surface area contributed by atoms with Crippen molar-refractivity contribution in [2.24, 2.45) is 0 Å². The van der Waals surface area contributed by atoms with Gasteiger partial charge in [-0.2, -0.15) is 0 Å². The van der Waals surface area contributed by atoms with Crippen LogP contribution in [-0.4, -0.2) is 21.1 Å². The number of aliphatic hydroxyl groups excluding tert-OH is 1. The van der Waals surface area contributed by atoms with Crippen molar-refractivity contribution in [3.05, 3.63) is 23.3 Å². The van der Waals surface area contributed by atoms with Crippen LogP contribution in [0.1, 0.15) is 34.9 Å². The number of Topliss-reactive ketones (excluding diaryl/α,β-unsaturated/α-hetero) is 1. The summed E-state index contributed by atoms with van der Waals surface area (Å²) in [4.78, 5) is 11.4. The molecule has 0 fully saturated rings. The van der Waals surface area contributed by atoms with Gasteiger partial charge in [-0.15, -0.1) is 0 Å². The zero-order chi connectivity index (χ0) is 10.3. The van der Waals surface area contributed by atoms with Crippen molar-refractivity contribution in [2.45, 2.75) is 18.9 Å². The minimum Gasteiger partial charge on any atom is -0.508 e. The quantitative estimate of drug-likeness (QED) is 0.578. The van der Waals surface area contributed by atoms with E-state index in [0.29, 0.717) is 12.0 Å². The van der Waals surface area contributed by atoms with E-state index in [2.05, 4.69) is 0 Å². The Morgan fingerprint density at radius 1 is 1.29 bits per heavy atom. The maximum absolute atomic E-state index is 11.4. The Labute approximate surface area is 80.4 Å². The monoisotopic (exact) mass is 194 g/mol. The second-order valence-corrected chi connectivity index (χ2v) is 3.41. The van der Waals surface area contributed by atoms with Gasteiger partial charge in [0.05, 0.1) is 11.7 Å². The average Bonchev–Trinajstić information content (AvgIpc) is 2.10. The fraction of sp³-hybridized carbons (Fsp3) is 0.300. The standard InChI is InChI=1S/C10H10O4/c11-5-3-6-7(12)1-2-8(13)10(6)9(14)4-5/h3-4,7,11-12,14H,1-2H2. The van der Waals surface area contributed by atoms with Gasteiger partial charge < -0.3 is 15.3 Å². The highest BCUT2D eigenvalue weighted by Gasteiger charge is 2.27. The zero-order valence-corrected chi connectivity index (χ0v) is 7.40. The molecule has 0 aliphatic heterocycles. The fourth-order valence-corrected chi connectivity index (χ4v) is 1.75. The van der Waals surface area contributed by atoms with Crippen molar-refractivity contribution in [2.75, 3.05) is 0 Å². The summed E-state index contributed by atoms with van der Waals surface area (Å²) in [5, 5.41) is 28.2. The molecule has 1 unspecified atom stereocenters. The number of phenols is 2. The van der Waals surface area contributed by atoms with Crippen LogP contribution in [-0.2, 0) is 0 Å². The number of benzene rings is 1. The molecular formula is C10H10O4. The summed E-state index contributed by atoms with van der Waals surface area (Å²) in [6.45, 7) is 0. The van der Waals surface area contributed by atoms with E-state index in [9.17, 15) is 20.1 Å². The van der Waals surface area contributed by atoms with E-state index in [0.717, 1.165) is 6.07 Å². The van der Waals surface area contributed by atoms with Crippen LogP contribution in [0.5, 0.6) is 11.5 Å². The van der Waals surface area contributed by atoms with Crippen LogP contribution in [0.25, 0.3) is 0 Å². The molecule has 2 rings (SSSR count). The summed E-state index contributed by atoms with van der Waals surface area (Å²) in [5.74, 6) is -0.596. The van der Waals surface area contributed by atoms with Gasteiger partial charge in [-0.25, -0.2) is 0 Å². The Morgan fingerprint density at radius 2 is 2.00 bits per heavy atom. The molecule has 14 heavy (non-hydrogen) atoms. The molecule has 4 heteroatoms. The number of rotatable bonds is 0. The fourth-order valence-electron chi connectivity index (χ4n) is 1.75. The topological polar surface area (TPSA) is 77.8 Å². The molecule has 3 N–H and O–H groups in total. The minimum absolute atomic E-state index is 0.140. The molecule has 74 valence electrons. The van der Waals surface area contributed by atoms with E-state index in [4.69, 9.17) is 0 Å². The Kier molecular flexibility index (Phi) is 1.93. The molecule has 1 aromatic carbocycles. The van der Waals surface area contributed by atoms with Crippen molar-refractivity contribution in [3.8, 4) is 11.5 Å². The third-order valence-electron chi connectivity index (χ3n) is 2.42. The highest BCUT2D eigenvalue weighted by molar-refractivity contribution is 6.01. The average molecular weight is 194 g/mol. The number of carbonyl (C=O) groups is 1. The van der Waals surface area contributed by atoms with Crippen LogP contribution in [0.15, 0.2) is 12.1 Å². The summed E-state index contributed by atoms with van der Waals surface area (Å²) in [5.41, 5.74) is 0.459. The number of phenolic OH excluding ortho intramolecular Hbond substituents is 2. The SMILES string of the molecule is O=C1CCC(O)c2cc(O)cc(O)c21. The first kappa shape index (κ1) is 9.02. The Balaban J connectivity index is 2.66. The third-order valence-corrected chi connectivity index (χ3v) is 2.42. The van der Waals surface area contributed by atoms with Crippen molar-refractivity contribution in [3.63, 3.8) is 0 Å². The molecule has 0 amide bonds. The maximum atomic E-state index is 11.4. The molecule has 1 aromatic rings. The summed E-state index contributed by atoms with van der Waals surface area (Å²) in [6, 6.07) is 2.42. The van der Waals surface area contributed by atoms with Gasteiger partial charge >= 0.3 is 0 Å². The predicted molar refractivity (Wildman–Crippen MR) is 48.3 cm³/mol. The normalized spacial score (nSPS) is 20.6. The Bertz CT molecular complexity index is 397. The van der Waals surface area contributed by atoms with Gasteiger partial charge in [0.15, 0.2) is 5.78 Å². The summed E-state index contributed by atoms with van der Waals surface area (Å²) < 4.78 is 0. The van der Waals surface area contributed by atoms with E-state index < -0.39 is 6.10 Å². The molecule has 4 nitrogen and oxygen atoms in total. The van der Waals surface area contributed by atoms with Gasteiger partial charge in [0.1, 0.15) is 11.5 Å². The number of hydrogen-bond donors (Lipinski definition) is 3. The van der Waals surface area contributed by atoms with E-state index >= 15 is 0 Å². The first-order valence-corrected chi connectivity index (χ1v) is 4.36. The van der Waals surface area contributed by atoms with Crippen LogP contribution >= 0.6 is 0 Å². The highest BCUT2D eigenvalue weighted by Crippen LogP contribution is 2.37. The molecule has 0 radical (unpaired) electrons. The highest BCUT2D eigenvalue weighted by atomic mass is 16.3. The van der Waals surface area contributed by atoms with Crippen LogP contribution < -0.4 is 0 Å². The van der Waals surface area contributed by atoms with E-state index in [1.54, 1.807) is 0 Å². The largest absolute Gasteiger partial charge is 0.508 e. The summed E-state index contributed by atoms with van der Waals surface area (Å²) in [6.07, 6.45) is -0.206. The van der Waals surface area contributed by atoms with Crippen molar-refractivity contribution >= 4 is 5.78 Å². The number of carbonyl (C=O) groups excluding carboxylic acids is 1. The lowest BCUT2D eigenvalue weighted by molar-refractivity contribution is 0.0892. The molecule has 0 aromatic heterocycles. The molecule has 0 heterocycles. The molecule has 0 saturated heterocycles. The second-order valence-electron chi connectivity index (χ2n) is 3.41. The minimum atomic E-state index is -0.777. The van der Waals surface area contributed by atoms with Gasteiger partial charge in [-0.1, -0.05) is 0 Å². The number of hydrogen-bond acceptors (Lipinski definition) is 4. The van der Waals surface area contributed by atoms with Crippen LogP contribution in [0.3, 0.4) is 0 Å². The molecule has 1 aliphatic carbocycles. The van der Waals surface area contributed by atoms with E-state index in [-0.39, 0.29) is 29.3 Å². The van der Waals surface area contributed by atoms with Crippen molar-refractivity contribution in [1.82, 2.24) is 0 Å².